The van der Waals surface area contributed by atoms with Crippen LogP contribution < -0.4 is 15.8 Å². The third-order valence-electron chi connectivity index (χ3n) is 3.33. The van der Waals surface area contributed by atoms with Gasteiger partial charge >= 0.3 is 0 Å². The Morgan fingerprint density at radius 2 is 2.20 bits per heavy atom. The minimum atomic E-state index is -0.951. The van der Waals surface area contributed by atoms with E-state index in [-0.39, 0.29) is 11.7 Å². The molecule has 20 heavy (non-hydrogen) atoms. The molecule has 1 aromatic carbocycles. The molecule has 3 N–H and O–H groups in total. The van der Waals surface area contributed by atoms with Crippen LogP contribution in [0.3, 0.4) is 0 Å². The van der Waals surface area contributed by atoms with E-state index in [2.05, 4.69) is 5.32 Å². The average molecular weight is 282 g/mol. The lowest BCUT2D eigenvalue weighted by Crippen LogP contribution is -2.54. The first-order valence-electron chi connectivity index (χ1n) is 6.65. The molecule has 1 aromatic rings. The van der Waals surface area contributed by atoms with Crippen molar-refractivity contribution in [1.29, 1.82) is 0 Å². The van der Waals surface area contributed by atoms with Crippen molar-refractivity contribution in [3.8, 4) is 5.75 Å². The number of halogens is 1. The highest BCUT2D eigenvalue weighted by Gasteiger charge is 2.35. The number of anilines is 1. The molecule has 0 bridgehead atoms. The van der Waals surface area contributed by atoms with Gasteiger partial charge in [-0.3, -0.25) is 4.79 Å². The topological polar surface area (TPSA) is 73.6 Å². The summed E-state index contributed by atoms with van der Waals surface area (Å²) in [5, 5.41) is 2.65. The quantitative estimate of drug-likeness (QED) is 0.881. The zero-order valence-electron chi connectivity index (χ0n) is 11.4. The van der Waals surface area contributed by atoms with Crippen molar-refractivity contribution in [3.63, 3.8) is 0 Å². The van der Waals surface area contributed by atoms with Gasteiger partial charge in [0.1, 0.15) is 5.54 Å². The van der Waals surface area contributed by atoms with Crippen LogP contribution in [0.4, 0.5) is 10.1 Å². The van der Waals surface area contributed by atoms with E-state index in [0.29, 0.717) is 38.3 Å². The summed E-state index contributed by atoms with van der Waals surface area (Å²) in [6.07, 6.45) is 0.913. The summed E-state index contributed by atoms with van der Waals surface area (Å²) in [4.78, 5) is 12.2. The summed E-state index contributed by atoms with van der Waals surface area (Å²) < 4.78 is 24.0. The summed E-state index contributed by atoms with van der Waals surface area (Å²) in [5.41, 5.74) is 5.47. The van der Waals surface area contributed by atoms with Crippen LogP contribution in [0.1, 0.15) is 19.8 Å². The zero-order valence-corrected chi connectivity index (χ0v) is 11.4. The molecule has 0 spiro atoms. The van der Waals surface area contributed by atoms with E-state index in [1.807, 2.05) is 0 Å². The van der Waals surface area contributed by atoms with Crippen molar-refractivity contribution in [2.45, 2.75) is 25.3 Å². The monoisotopic (exact) mass is 282 g/mol. The van der Waals surface area contributed by atoms with Crippen molar-refractivity contribution < 1.29 is 18.7 Å². The van der Waals surface area contributed by atoms with Gasteiger partial charge in [0.25, 0.3) is 0 Å². The standard InChI is InChI=1S/C14H19FN2O3/c1-2-20-12-4-3-10(9-11(12)15)17-13(18)14(16)5-7-19-8-6-14/h3-4,9H,2,5-8,16H2,1H3,(H,17,18). The van der Waals surface area contributed by atoms with Crippen molar-refractivity contribution in [1.82, 2.24) is 0 Å². The Bertz CT molecular complexity index is 487. The molecule has 0 aromatic heterocycles. The summed E-state index contributed by atoms with van der Waals surface area (Å²) >= 11 is 0. The fourth-order valence-electron chi connectivity index (χ4n) is 2.07. The van der Waals surface area contributed by atoms with Gasteiger partial charge < -0.3 is 20.5 Å². The van der Waals surface area contributed by atoms with Crippen LogP contribution in [-0.2, 0) is 9.53 Å². The molecular weight excluding hydrogens is 263 g/mol. The highest BCUT2D eigenvalue weighted by Crippen LogP contribution is 2.24. The SMILES string of the molecule is CCOc1ccc(NC(=O)C2(N)CCOCC2)cc1F. The van der Waals surface area contributed by atoms with Crippen LogP contribution in [-0.4, -0.2) is 31.3 Å². The Morgan fingerprint density at radius 3 is 2.80 bits per heavy atom. The van der Waals surface area contributed by atoms with E-state index in [1.165, 1.54) is 12.1 Å². The number of nitrogens with one attached hydrogen (secondary N) is 1. The normalized spacial score (nSPS) is 17.6. The van der Waals surface area contributed by atoms with E-state index in [4.69, 9.17) is 15.2 Å². The first kappa shape index (κ1) is 14.7. The number of amides is 1. The zero-order chi connectivity index (χ0) is 14.6. The number of benzene rings is 1. The predicted molar refractivity (Wildman–Crippen MR) is 73.2 cm³/mol. The van der Waals surface area contributed by atoms with Crippen molar-refractivity contribution in [2.75, 3.05) is 25.1 Å². The van der Waals surface area contributed by atoms with Gasteiger partial charge in [-0.1, -0.05) is 0 Å². The van der Waals surface area contributed by atoms with Crippen molar-refractivity contribution >= 4 is 11.6 Å². The Hall–Kier alpha value is -1.66. The average Bonchev–Trinajstić information content (AvgIpc) is 2.43. The fourth-order valence-corrected chi connectivity index (χ4v) is 2.07. The van der Waals surface area contributed by atoms with Crippen LogP contribution in [0.2, 0.25) is 0 Å². The van der Waals surface area contributed by atoms with Gasteiger partial charge in [0.15, 0.2) is 11.6 Å². The Kier molecular flexibility index (Phi) is 4.57. The second-order valence-electron chi connectivity index (χ2n) is 4.80. The third kappa shape index (κ3) is 3.26. The molecule has 1 amide bonds. The molecule has 1 aliphatic rings. The lowest BCUT2D eigenvalue weighted by molar-refractivity contribution is -0.124. The number of ether oxygens (including phenoxy) is 2. The molecule has 0 radical (unpaired) electrons. The molecule has 1 aliphatic heterocycles. The number of rotatable bonds is 4. The molecule has 0 saturated carbocycles. The summed E-state index contributed by atoms with van der Waals surface area (Å²) in [6.45, 7) is 3.08. The van der Waals surface area contributed by atoms with Gasteiger partial charge in [0.05, 0.1) is 6.61 Å². The molecule has 1 heterocycles. The van der Waals surface area contributed by atoms with E-state index in [0.717, 1.165) is 0 Å². The lowest BCUT2D eigenvalue weighted by Gasteiger charge is -2.31. The van der Waals surface area contributed by atoms with Crippen LogP contribution >= 0.6 is 0 Å². The van der Waals surface area contributed by atoms with Crippen molar-refractivity contribution in [3.05, 3.63) is 24.0 Å². The highest BCUT2D eigenvalue weighted by atomic mass is 19.1. The van der Waals surface area contributed by atoms with Gasteiger partial charge in [-0.2, -0.15) is 0 Å². The molecule has 6 heteroatoms. The number of hydrogen-bond donors (Lipinski definition) is 2. The van der Waals surface area contributed by atoms with Crippen LogP contribution in [0.25, 0.3) is 0 Å². The first-order chi connectivity index (χ1) is 9.55. The van der Waals surface area contributed by atoms with Crippen LogP contribution in [0.15, 0.2) is 18.2 Å². The first-order valence-corrected chi connectivity index (χ1v) is 6.65. The molecule has 5 nitrogen and oxygen atoms in total. The lowest BCUT2D eigenvalue weighted by atomic mass is 9.90. The maximum Gasteiger partial charge on any atom is 0.244 e. The number of nitrogens with two attached hydrogens (primary N) is 1. The molecular formula is C14H19FN2O3. The van der Waals surface area contributed by atoms with E-state index in [9.17, 15) is 9.18 Å². The number of carbonyl (C=O) groups excluding carboxylic acids is 1. The number of carbonyl (C=O) groups is 1. The van der Waals surface area contributed by atoms with Gasteiger partial charge in [0, 0.05) is 25.0 Å². The smallest absolute Gasteiger partial charge is 0.244 e. The highest BCUT2D eigenvalue weighted by molar-refractivity contribution is 5.98. The Morgan fingerprint density at radius 1 is 1.50 bits per heavy atom. The van der Waals surface area contributed by atoms with E-state index in [1.54, 1.807) is 13.0 Å². The van der Waals surface area contributed by atoms with E-state index < -0.39 is 11.4 Å². The Labute approximate surface area is 117 Å². The fraction of sp³-hybridized carbons (Fsp3) is 0.500. The Balaban J connectivity index is 2.06. The maximum absolute atomic E-state index is 13.7. The second-order valence-corrected chi connectivity index (χ2v) is 4.80. The summed E-state index contributed by atoms with van der Waals surface area (Å²) in [5.74, 6) is -0.661. The van der Waals surface area contributed by atoms with Crippen LogP contribution in [0.5, 0.6) is 5.75 Å². The molecule has 110 valence electrons. The maximum atomic E-state index is 13.7. The van der Waals surface area contributed by atoms with Gasteiger partial charge in [-0.15, -0.1) is 0 Å². The summed E-state index contributed by atoms with van der Waals surface area (Å²) in [7, 11) is 0. The van der Waals surface area contributed by atoms with Crippen molar-refractivity contribution in [2.24, 2.45) is 5.73 Å². The molecule has 0 unspecified atom stereocenters. The summed E-state index contributed by atoms with van der Waals surface area (Å²) in [6, 6.07) is 4.31. The van der Waals surface area contributed by atoms with Gasteiger partial charge in [-0.05, 0) is 31.9 Å². The molecule has 1 fully saturated rings. The third-order valence-corrected chi connectivity index (χ3v) is 3.33. The molecule has 0 atom stereocenters. The minimum absolute atomic E-state index is 0.166. The predicted octanol–water partition coefficient (Wildman–Crippen LogP) is 1.67. The van der Waals surface area contributed by atoms with Gasteiger partial charge in [0.2, 0.25) is 5.91 Å². The minimum Gasteiger partial charge on any atom is -0.491 e. The molecule has 2 rings (SSSR count). The van der Waals surface area contributed by atoms with Gasteiger partial charge in [-0.25, -0.2) is 4.39 Å². The molecule has 1 saturated heterocycles. The van der Waals surface area contributed by atoms with E-state index >= 15 is 0 Å². The number of hydrogen-bond acceptors (Lipinski definition) is 4. The van der Waals surface area contributed by atoms with Crippen LogP contribution in [0, 0.1) is 5.82 Å². The molecule has 0 aliphatic carbocycles. The largest absolute Gasteiger partial charge is 0.491 e. The second kappa shape index (κ2) is 6.19.